The summed E-state index contributed by atoms with van der Waals surface area (Å²) in [5.41, 5.74) is 0.528. The molecule has 0 amide bonds. The minimum atomic E-state index is -3.86. The first-order chi connectivity index (χ1) is 25.1. The fourth-order valence-corrected chi connectivity index (χ4v) is 11.7. The van der Waals surface area contributed by atoms with Crippen LogP contribution in [0.3, 0.4) is 0 Å². The molecule has 0 saturated heterocycles. The van der Waals surface area contributed by atoms with Crippen molar-refractivity contribution in [2.75, 3.05) is 0 Å². The van der Waals surface area contributed by atoms with Crippen LogP contribution in [0.5, 0.6) is 0 Å². The standard InChI is InChI=1S/C19H10BrClO3S2.C13H6Cl2O3S.C6H5BrS/c20-11-5-7-12(8-6-11)25-15-10-9-14-18(22)13-3-1-2-4-16(13)26(23,24)19(14)17(15)21;14-9-6-5-8-12(16)7-3-1-2-4-10(7)19(17,18)13(8)11(9)15;7-5-1-3-6(8)4-2-5/h1-10H;1-6H;1-4,8H. The molecular weight excluding hydrogens is 947 g/mol. The maximum Gasteiger partial charge on any atom is 0.209 e. The van der Waals surface area contributed by atoms with Crippen LogP contribution in [0, 0.1) is 0 Å². The number of sulfone groups is 2. The first-order valence-corrected chi connectivity index (χ1v) is 22.0. The summed E-state index contributed by atoms with van der Waals surface area (Å²) in [6, 6.07) is 33.7. The number of carbonyl (C=O) groups is 2. The fourth-order valence-electron chi connectivity index (χ4n) is 5.39. The van der Waals surface area contributed by atoms with Crippen molar-refractivity contribution in [3.8, 4) is 0 Å². The third-order valence-electron chi connectivity index (χ3n) is 7.85. The number of benzene rings is 6. The van der Waals surface area contributed by atoms with Gasteiger partial charge in [0.05, 0.1) is 24.9 Å². The van der Waals surface area contributed by atoms with Crippen LogP contribution in [0.1, 0.15) is 31.8 Å². The van der Waals surface area contributed by atoms with E-state index >= 15 is 0 Å². The quantitative estimate of drug-likeness (QED) is 0.172. The monoisotopic (exact) mass is 964 g/mol. The van der Waals surface area contributed by atoms with Crippen molar-refractivity contribution in [2.24, 2.45) is 0 Å². The third-order valence-corrected chi connectivity index (χ3v) is 15.6. The molecule has 0 atom stereocenters. The van der Waals surface area contributed by atoms with Gasteiger partial charge >= 0.3 is 0 Å². The smallest absolute Gasteiger partial charge is 0.209 e. The van der Waals surface area contributed by atoms with Crippen LogP contribution < -0.4 is 0 Å². The van der Waals surface area contributed by atoms with Gasteiger partial charge in [0.15, 0.2) is 11.6 Å². The van der Waals surface area contributed by atoms with E-state index in [2.05, 4.69) is 44.5 Å². The number of fused-ring (bicyclic) bond motifs is 4. The van der Waals surface area contributed by atoms with E-state index in [1.165, 1.54) is 54.2 Å². The molecule has 6 nitrogen and oxygen atoms in total. The molecule has 268 valence electrons. The molecule has 0 aliphatic carbocycles. The van der Waals surface area contributed by atoms with E-state index in [0.717, 1.165) is 18.7 Å². The van der Waals surface area contributed by atoms with E-state index in [9.17, 15) is 26.4 Å². The highest BCUT2D eigenvalue weighted by molar-refractivity contribution is 9.10. The zero-order valence-electron chi connectivity index (χ0n) is 26.6. The van der Waals surface area contributed by atoms with E-state index in [-0.39, 0.29) is 68.5 Å². The highest BCUT2D eigenvalue weighted by Crippen LogP contribution is 2.44. The van der Waals surface area contributed by atoms with Gasteiger partial charge in [-0.1, -0.05) is 103 Å². The predicted octanol–water partition coefficient (Wildman–Crippen LogP) is 11.7. The van der Waals surface area contributed by atoms with Gasteiger partial charge in [-0.25, -0.2) is 16.8 Å². The summed E-state index contributed by atoms with van der Waals surface area (Å²) in [4.78, 5) is 27.2. The van der Waals surface area contributed by atoms with Gasteiger partial charge in [0.2, 0.25) is 19.7 Å². The lowest BCUT2D eigenvalue weighted by atomic mass is 10.0. The number of hydrogen-bond donors (Lipinski definition) is 1. The molecule has 0 spiro atoms. The molecule has 0 aromatic heterocycles. The predicted molar refractivity (Wildman–Crippen MR) is 218 cm³/mol. The van der Waals surface area contributed by atoms with Crippen LogP contribution >= 0.6 is 91.1 Å². The minimum absolute atomic E-state index is 0.00481. The Morgan fingerprint density at radius 3 is 1.43 bits per heavy atom. The van der Waals surface area contributed by atoms with Crippen molar-refractivity contribution in [1.82, 2.24) is 0 Å². The number of hydrogen-bond acceptors (Lipinski definition) is 8. The normalized spacial score (nSPS) is 14.2. The van der Waals surface area contributed by atoms with E-state index in [0.29, 0.717) is 4.90 Å². The van der Waals surface area contributed by atoms with Gasteiger partial charge in [0.25, 0.3) is 0 Å². The van der Waals surface area contributed by atoms with Crippen molar-refractivity contribution in [3.05, 3.63) is 168 Å². The first kappa shape index (κ1) is 39.8. The summed E-state index contributed by atoms with van der Waals surface area (Å²) in [6.45, 7) is 0. The number of ketones is 2. The average Bonchev–Trinajstić information content (AvgIpc) is 3.14. The van der Waals surface area contributed by atoms with E-state index < -0.39 is 19.7 Å². The molecule has 2 aliphatic heterocycles. The molecule has 0 unspecified atom stereocenters. The van der Waals surface area contributed by atoms with Gasteiger partial charge < -0.3 is 0 Å². The van der Waals surface area contributed by atoms with Crippen LogP contribution in [-0.4, -0.2) is 28.4 Å². The lowest BCUT2D eigenvalue weighted by Crippen LogP contribution is -2.20. The van der Waals surface area contributed by atoms with Crippen LogP contribution in [0.25, 0.3) is 0 Å². The van der Waals surface area contributed by atoms with Crippen molar-refractivity contribution in [2.45, 2.75) is 34.3 Å². The molecule has 8 rings (SSSR count). The van der Waals surface area contributed by atoms with Crippen LogP contribution in [0.4, 0.5) is 0 Å². The van der Waals surface area contributed by atoms with Crippen molar-refractivity contribution >= 4 is 122 Å². The first-order valence-electron chi connectivity index (χ1n) is 15.1. The Hall–Kier alpha value is -2.91. The molecule has 0 N–H and O–H groups in total. The summed E-state index contributed by atoms with van der Waals surface area (Å²) < 4.78 is 53.2. The molecule has 0 radical (unpaired) electrons. The van der Waals surface area contributed by atoms with Crippen molar-refractivity contribution in [1.29, 1.82) is 0 Å². The number of thiol groups is 1. The summed E-state index contributed by atoms with van der Waals surface area (Å²) in [5, 5.41) is 0.0801. The highest BCUT2D eigenvalue weighted by Gasteiger charge is 2.38. The Kier molecular flexibility index (Phi) is 12.0. The molecule has 15 heteroatoms. The van der Waals surface area contributed by atoms with Gasteiger partial charge in [-0.05, 0) is 97.1 Å². The molecule has 2 aliphatic rings. The second kappa shape index (κ2) is 16.1. The SMILES string of the molecule is O=C1c2ccccc2S(=O)(=O)c2c1ccc(Cl)c2Cl.O=C1c2ccccc2S(=O)(=O)c2c1ccc(Sc1ccc(Br)cc1)c2Cl.Sc1ccc(Br)cc1. The number of halogens is 5. The molecule has 0 saturated carbocycles. The van der Waals surface area contributed by atoms with Crippen LogP contribution in [-0.2, 0) is 19.7 Å². The van der Waals surface area contributed by atoms with Crippen LogP contribution in [0.15, 0.2) is 165 Å². The highest BCUT2D eigenvalue weighted by atomic mass is 79.9. The molecule has 6 aromatic rings. The zero-order valence-corrected chi connectivity index (χ0v) is 35.3. The minimum Gasteiger partial charge on any atom is -0.289 e. The number of rotatable bonds is 2. The summed E-state index contributed by atoms with van der Waals surface area (Å²) in [7, 11) is -7.68. The fraction of sp³-hybridized carbons (Fsp3) is 0. The Bertz CT molecular complexity index is 2650. The topological polar surface area (TPSA) is 102 Å². The molecule has 2 heterocycles. The van der Waals surface area contributed by atoms with E-state index in [1.54, 1.807) is 30.3 Å². The molecular formula is C38H21Br2Cl3O6S4. The van der Waals surface area contributed by atoms with Gasteiger partial charge in [-0.3, -0.25) is 9.59 Å². The third kappa shape index (κ3) is 7.94. The van der Waals surface area contributed by atoms with Gasteiger partial charge in [-0.2, -0.15) is 0 Å². The Balaban J connectivity index is 0.000000155. The maximum atomic E-state index is 13.1. The molecule has 6 aromatic carbocycles. The van der Waals surface area contributed by atoms with Gasteiger partial charge in [-0.15, -0.1) is 12.6 Å². The Morgan fingerprint density at radius 2 is 0.943 bits per heavy atom. The number of carbonyl (C=O) groups excluding carboxylic acids is 2. The second-order valence-electron chi connectivity index (χ2n) is 11.2. The zero-order chi connectivity index (χ0) is 38.2. The molecule has 0 fully saturated rings. The van der Waals surface area contributed by atoms with Gasteiger partial charge in [0.1, 0.15) is 9.79 Å². The van der Waals surface area contributed by atoms with Crippen molar-refractivity contribution < 1.29 is 26.4 Å². The second-order valence-corrected chi connectivity index (χ2v) is 19.5. The van der Waals surface area contributed by atoms with Crippen LogP contribution in [0.2, 0.25) is 15.1 Å². The molecule has 0 bridgehead atoms. The Morgan fingerprint density at radius 1 is 0.509 bits per heavy atom. The lowest BCUT2D eigenvalue weighted by Gasteiger charge is -2.21. The van der Waals surface area contributed by atoms with Crippen molar-refractivity contribution in [3.63, 3.8) is 0 Å². The molecule has 53 heavy (non-hydrogen) atoms. The van der Waals surface area contributed by atoms with E-state index in [1.807, 2.05) is 48.5 Å². The summed E-state index contributed by atoms with van der Waals surface area (Å²) in [6.07, 6.45) is 0. The average molecular weight is 968 g/mol. The summed E-state index contributed by atoms with van der Waals surface area (Å²) in [5.74, 6) is -0.688. The Labute approximate surface area is 347 Å². The lowest BCUT2D eigenvalue weighted by molar-refractivity contribution is 0.102. The van der Waals surface area contributed by atoms with E-state index in [4.69, 9.17) is 34.8 Å². The maximum absolute atomic E-state index is 13.1. The summed E-state index contributed by atoms with van der Waals surface area (Å²) >= 11 is 30.4. The van der Waals surface area contributed by atoms with Gasteiger partial charge in [0, 0.05) is 45.9 Å². The largest absolute Gasteiger partial charge is 0.289 e.